The number of rotatable bonds is 1. The first-order valence-corrected chi connectivity index (χ1v) is 6.38. The third-order valence-corrected chi connectivity index (χ3v) is 3.54. The number of benzene rings is 2. The lowest BCUT2D eigenvalue weighted by atomic mass is 10.0. The highest BCUT2D eigenvalue weighted by Crippen LogP contribution is 2.29. The minimum absolute atomic E-state index is 0.585. The standard InChI is InChI=1S/C17H16N2/c1-11-8-14-10-15(13-6-4-3-5-7-13)17(18)19-16(14)9-12(11)2/h3-10H,1-2H3,(H2,18,19). The van der Waals surface area contributed by atoms with Gasteiger partial charge in [0.1, 0.15) is 5.82 Å². The molecule has 2 nitrogen and oxygen atoms in total. The summed E-state index contributed by atoms with van der Waals surface area (Å²) >= 11 is 0. The highest BCUT2D eigenvalue weighted by molar-refractivity contribution is 5.89. The van der Waals surface area contributed by atoms with Crippen LogP contribution in [0.25, 0.3) is 22.0 Å². The fourth-order valence-electron chi connectivity index (χ4n) is 2.30. The lowest BCUT2D eigenvalue weighted by Crippen LogP contribution is -1.96. The first-order valence-electron chi connectivity index (χ1n) is 6.38. The van der Waals surface area contributed by atoms with E-state index in [1.807, 2.05) is 18.2 Å². The molecule has 2 aromatic carbocycles. The molecular weight excluding hydrogens is 232 g/mol. The molecule has 3 rings (SSSR count). The van der Waals surface area contributed by atoms with E-state index in [1.54, 1.807) is 0 Å². The second-order valence-corrected chi connectivity index (χ2v) is 4.92. The average molecular weight is 248 g/mol. The highest BCUT2D eigenvalue weighted by Gasteiger charge is 2.07. The molecule has 0 amide bonds. The molecule has 0 saturated heterocycles. The second kappa shape index (κ2) is 4.39. The van der Waals surface area contributed by atoms with Crippen LogP contribution in [0.3, 0.4) is 0 Å². The fourth-order valence-corrected chi connectivity index (χ4v) is 2.30. The zero-order valence-corrected chi connectivity index (χ0v) is 11.1. The number of hydrogen-bond donors (Lipinski definition) is 1. The van der Waals surface area contributed by atoms with E-state index in [1.165, 1.54) is 11.1 Å². The van der Waals surface area contributed by atoms with Gasteiger partial charge in [0.15, 0.2) is 0 Å². The first kappa shape index (κ1) is 11.7. The summed E-state index contributed by atoms with van der Waals surface area (Å²) in [5.74, 6) is 0.585. The van der Waals surface area contributed by atoms with Crippen LogP contribution in [0.15, 0.2) is 48.5 Å². The quantitative estimate of drug-likeness (QED) is 0.704. The highest BCUT2D eigenvalue weighted by atomic mass is 14.8. The van der Waals surface area contributed by atoms with Crippen LogP contribution in [-0.2, 0) is 0 Å². The van der Waals surface area contributed by atoms with Gasteiger partial charge in [0.25, 0.3) is 0 Å². The molecule has 0 aliphatic heterocycles. The van der Waals surface area contributed by atoms with Crippen molar-refractivity contribution < 1.29 is 0 Å². The van der Waals surface area contributed by atoms with Crippen molar-refractivity contribution in [1.82, 2.24) is 4.98 Å². The summed E-state index contributed by atoms with van der Waals surface area (Å²) in [7, 11) is 0. The monoisotopic (exact) mass is 248 g/mol. The van der Waals surface area contributed by atoms with Gasteiger partial charge in [-0.3, -0.25) is 0 Å². The topological polar surface area (TPSA) is 38.9 Å². The third kappa shape index (κ3) is 2.06. The van der Waals surface area contributed by atoms with Crippen LogP contribution in [0.4, 0.5) is 5.82 Å². The van der Waals surface area contributed by atoms with E-state index in [0.29, 0.717) is 5.82 Å². The van der Waals surface area contributed by atoms with E-state index >= 15 is 0 Å². The molecule has 0 bridgehead atoms. The minimum atomic E-state index is 0.585. The van der Waals surface area contributed by atoms with Crippen LogP contribution in [0, 0.1) is 13.8 Å². The van der Waals surface area contributed by atoms with Crippen molar-refractivity contribution in [2.75, 3.05) is 5.73 Å². The third-order valence-electron chi connectivity index (χ3n) is 3.54. The van der Waals surface area contributed by atoms with Gasteiger partial charge in [0, 0.05) is 10.9 Å². The Morgan fingerprint density at radius 2 is 1.58 bits per heavy atom. The normalized spacial score (nSPS) is 10.8. The van der Waals surface area contributed by atoms with E-state index in [9.17, 15) is 0 Å². The predicted octanol–water partition coefficient (Wildman–Crippen LogP) is 4.10. The molecule has 2 N–H and O–H groups in total. The molecule has 1 heterocycles. The average Bonchev–Trinajstić information content (AvgIpc) is 2.41. The van der Waals surface area contributed by atoms with Gasteiger partial charge in [0.2, 0.25) is 0 Å². The Bertz CT molecular complexity index is 746. The maximum Gasteiger partial charge on any atom is 0.131 e. The lowest BCUT2D eigenvalue weighted by Gasteiger charge is -2.09. The summed E-state index contributed by atoms with van der Waals surface area (Å²) in [5, 5.41) is 1.14. The molecule has 3 aromatic rings. The van der Waals surface area contributed by atoms with Crippen molar-refractivity contribution in [3.05, 3.63) is 59.7 Å². The van der Waals surface area contributed by atoms with Gasteiger partial charge < -0.3 is 5.73 Å². The van der Waals surface area contributed by atoms with Crippen molar-refractivity contribution in [3.63, 3.8) is 0 Å². The van der Waals surface area contributed by atoms with Crippen LogP contribution in [0.5, 0.6) is 0 Å². The Labute approximate surface area is 112 Å². The van der Waals surface area contributed by atoms with Crippen molar-refractivity contribution >= 4 is 16.7 Å². The van der Waals surface area contributed by atoms with Gasteiger partial charge in [-0.25, -0.2) is 4.98 Å². The molecule has 19 heavy (non-hydrogen) atoms. The van der Waals surface area contributed by atoms with E-state index < -0.39 is 0 Å². The molecule has 1 aromatic heterocycles. The lowest BCUT2D eigenvalue weighted by molar-refractivity contribution is 1.33. The molecule has 0 saturated carbocycles. The van der Waals surface area contributed by atoms with Gasteiger partial charge in [-0.2, -0.15) is 0 Å². The number of pyridine rings is 1. The minimum Gasteiger partial charge on any atom is -0.383 e. The summed E-state index contributed by atoms with van der Waals surface area (Å²) in [4.78, 5) is 4.53. The number of aryl methyl sites for hydroxylation is 2. The molecule has 0 radical (unpaired) electrons. The summed E-state index contributed by atoms with van der Waals surface area (Å²) in [5.41, 5.74) is 11.7. The fraction of sp³-hybridized carbons (Fsp3) is 0.118. The van der Waals surface area contributed by atoms with Crippen LogP contribution in [0.2, 0.25) is 0 Å². The molecule has 0 unspecified atom stereocenters. The van der Waals surface area contributed by atoms with Gasteiger partial charge >= 0.3 is 0 Å². The maximum absolute atomic E-state index is 6.10. The number of fused-ring (bicyclic) bond motifs is 1. The number of nitrogen functional groups attached to an aromatic ring is 1. The van der Waals surface area contributed by atoms with Crippen LogP contribution in [0.1, 0.15) is 11.1 Å². The Morgan fingerprint density at radius 3 is 2.32 bits per heavy atom. The smallest absolute Gasteiger partial charge is 0.131 e. The summed E-state index contributed by atoms with van der Waals surface area (Å²) in [6, 6.07) is 16.5. The summed E-state index contributed by atoms with van der Waals surface area (Å²) in [6.45, 7) is 4.21. The molecule has 0 spiro atoms. The van der Waals surface area contributed by atoms with Crippen molar-refractivity contribution in [2.24, 2.45) is 0 Å². The zero-order valence-electron chi connectivity index (χ0n) is 11.1. The van der Waals surface area contributed by atoms with Gasteiger partial charge in [-0.1, -0.05) is 30.3 Å². The Kier molecular flexibility index (Phi) is 2.71. The molecular formula is C17H16N2. The number of hydrogen-bond acceptors (Lipinski definition) is 2. The Hall–Kier alpha value is -2.35. The molecule has 0 atom stereocenters. The SMILES string of the molecule is Cc1cc2cc(-c3ccccc3)c(N)nc2cc1C. The Morgan fingerprint density at radius 1 is 0.895 bits per heavy atom. The van der Waals surface area contributed by atoms with Crippen molar-refractivity contribution in [3.8, 4) is 11.1 Å². The summed E-state index contributed by atoms with van der Waals surface area (Å²) in [6.07, 6.45) is 0. The zero-order chi connectivity index (χ0) is 13.4. The number of aromatic nitrogens is 1. The molecule has 0 aliphatic rings. The maximum atomic E-state index is 6.10. The van der Waals surface area contributed by atoms with Crippen LogP contribution in [-0.4, -0.2) is 4.98 Å². The van der Waals surface area contributed by atoms with Crippen LogP contribution < -0.4 is 5.73 Å². The van der Waals surface area contributed by atoms with E-state index in [-0.39, 0.29) is 0 Å². The largest absolute Gasteiger partial charge is 0.383 e. The molecule has 0 aliphatic carbocycles. The molecule has 94 valence electrons. The molecule has 2 heteroatoms. The van der Waals surface area contributed by atoms with Gasteiger partial charge in [-0.05, 0) is 48.7 Å². The summed E-state index contributed by atoms with van der Waals surface area (Å²) < 4.78 is 0. The number of nitrogens with zero attached hydrogens (tertiary/aromatic N) is 1. The number of anilines is 1. The Balaban J connectivity index is 2.27. The number of nitrogens with two attached hydrogens (primary N) is 1. The van der Waals surface area contributed by atoms with Gasteiger partial charge in [-0.15, -0.1) is 0 Å². The van der Waals surface area contributed by atoms with E-state index in [2.05, 4.69) is 49.2 Å². The second-order valence-electron chi connectivity index (χ2n) is 4.92. The first-order chi connectivity index (χ1) is 9.15. The van der Waals surface area contributed by atoms with Gasteiger partial charge in [0.05, 0.1) is 5.52 Å². The van der Waals surface area contributed by atoms with Crippen molar-refractivity contribution in [2.45, 2.75) is 13.8 Å². The van der Waals surface area contributed by atoms with Crippen LogP contribution >= 0.6 is 0 Å². The predicted molar refractivity (Wildman–Crippen MR) is 81.1 cm³/mol. The van der Waals surface area contributed by atoms with E-state index in [0.717, 1.165) is 22.0 Å². The van der Waals surface area contributed by atoms with Crippen molar-refractivity contribution in [1.29, 1.82) is 0 Å². The van der Waals surface area contributed by atoms with E-state index in [4.69, 9.17) is 5.73 Å². The molecule has 0 fully saturated rings.